The van der Waals surface area contributed by atoms with Gasteiger partial charge in [-0.15, -0.1) is 0 Å². The summed E-state index contributed by atoms with van der Waals surface area (Å²) in [5.74, 6) is -0.351. The summed E-state index contributed by atoms with van der Waals surface area (Å²) >= 11 is 0. The van der Waals surface area contributed by atoms with Crippen LogP contribution in [0.25, 0.3) is 0 Å². The molecule has 0 heterocycles. The van der Waals surface area contributed by atoms with Crippen LogP contribution in [0, 0.1) is 0 Å². The molecule has 146 valence electrons. The van der Waals surface area contributed by atoms with Gasteiger partial charge in [0.25, 0.3) is 5.91 Å². The molecule has 0 spiro atoms. The molecular weight excluding hydrogens is 381 g/mol. The highest BCUT2D eigenvalue weighted by Gasteiger charge is 2.29. The van der Waals surface area contributed by atoms with Gasteiger partial charge in [-0.05, 0) is 41.8 Å². The van der Waals surface area contributed by atoms with Crippen LogP contribution in [0.1, 0.15) is 27.0 Å². The van der Waals surface area contributed by atoms with Gasteiger partial charge in [-0.25, -0.2) is 13.1 Å². The van der Waals surface area contributed by atoms with Crippen molar-refractivity contribution in [2.45, 2.75) is 19.1 Å². The average Bonchev–Trinajstić information content (AvgIpc) is 2.59. The summed E-state index contributed by atoms with van der Waals surface area (Å²) in [6.07, 6.45) is -2.82. The van der Waals surface area contributed by atoms with Gasteiger partial charge in [-0.2, -0.15) is 13.2 Å². The summed E-state index contributed by atoms with van der Waals surface area (Å²) in [6.45, 7) is 0.370. The number of hydrogen-bond donors (Lipinski definition) is 2. The van der Waals surface area contributed by atoms with Crippen molar-refractivity contribution in [2.24, 2.45) is 0 Å². The second-order valence-electron chi connectivity index (χ2n) is 5.99. The summed E-state index contributed by atoms with van der Waals surface area (Å²) in [5.41, 5.74) is 1.09. The fourth-order valence-corrected chi connectivity index (χ4v) is 2.77. The van der Waals surface area contributed by atoms with E-state index < -0.39 is 21.8 Å². The smallest absolute Gasteiger partial charge is 0.348 e. The number of alkyl halides is 3. The Morgan fingerprint density at radius 1 is 0.963 bits per heavy atom. The molecule has 0 bridgehead atoms. The molecule has 9 heteroatoms. The van der Waals surface area contributed by atoms with Crippen molar-refractivity contribution in [1.29, 1.82) is 0 Å². The van der Waals surface area contributed by atoms with Gasteiger partial charge < -0.3 is 5.32 Å². The first-order valence-corrected chi connectivity index (χ1v) is 9.92. The summed E-state index contributed by atoms with van der Waals surface area (Å²) in [4.78, 5) is 12.1. The van der Waals surface area contributed by atoms with Gasteiger partial charge in [-0.3, -0.25) is 4.79 Å². The molecule has 5 nitrogen and oxygen atoms in total. The molecule has 0 fully saturated rings. The number of amides is 1. The maximum Gasteiger partial charge on any atom is 0.416 e. The van der Waals surface area contributed by atoms with Crippen molar-refractivity contribution >= 4 is 15.9 Å². The van der Waals surface area contributed by atoms with Crippen molar-refractivity contribution in [1.82, 2.24) is 10.0 Å². The van der Waals surface area contributed by atoms with Crippen molar-refractivity contribution in [3.05, 3.63) is 70.8 Å². The van der Waals surface area contributed by atoms with E-state index >= 15 is 0 Å². The average molecular weight is 400 g/mol. The number of carbonyl (C=O) groups excluding carboxylic acids is 1. The Hall–Kier alpha value is -2.39. The highest BCUT2D eigenvalue weighted by atomic mass is 32.2. The third-order valence-electron chi connectivity index (χ3n) is 3.73. The van der Waals surface area contributed by atoms with Crippen LogP contribution in [-0.4, -0.2) is 27.1 Å². The Labute approximate surface area is 155 Å². The Morgan fingerprint density at radius 3 is 2.04 bits per heavy atom. The first kappa shape index (κ1) is 20.9. The molecular formula is C18H19F3N2O3S. The minimum Gasteiger partial charge on any atom is -0.348 e. The Bertz CT molecular complexity index is 878. The molecule has 2 N–H and O–H groups in total. The summed E-state index contributed by atoms with van der Waals surface area (Å²) in [6, 6.07) is 11.2. The lowest BCUT2D eigenvalue weighted by Gasteiger charge is -2.09. The number of nitrogens with one attached hydrogen (secondary N) is 2. The predicted molar refractivity (Wildman–Crippen MR) is 95.6 cm³/mol. The van der Waals surface area contributed by atoms with Crippen LogP contribution < -0.4 is 10.0 Å². The van der Waals surface area contributed by atoms with Crippen LogP contribution in [0.4, 0.5) is 13.2 Å². The zero-order valence-corrected chi connectivity index (χ0v) is 15.3. The second kappa shape index (κ2) is 8.53. The van der Waals surface area contributed by atoms with E-state index in [1.165, 1.54) is 12.1 Å². The molecule has 0 unspecified atom stereocenters. The second-order valence-corrected chi connectivity index (χ2v) is 7.82. The highest BCUT2D eigenvalue weighted by Crippen LogP contribution is 2.29. The first-order chi connectivity index (χ1) is 12.5. The zero-order chi connectivity index (χ0) is 20.1. The lowest BCUT2D eigenvalue weighted by atomic mass is 10.1. The Balaban J connectivity index is 1.87. The molecule has 1 amide bonds. The molecule has 2 rings (SSSR count). The standard InChI is InChI=1S/C18H19F3N2O3S/c1-27(25,26)23-11-10-13-2-6-15(7-3-13)17(24)22-12-14-4-8-16(9-5-14)18(19,20)21/h2-9,23H,10-12H2,1H3,(H,22,24). The third kappa shape index (κ3) is 7.03. The van der Waals surface area contributed by atoms with Crippen LogP contribution >= 0.6 is 0 Å². The number of hydrogen-bond acceptors (Lipinski definition) is 3. The molecule has 0 radical (unpaired) electrons. The van der Waals surface area contributed by atoms with Gasteiger partial charge in [-0.1, -0.05) is 24.3 Å². The first-order valence-electron chi connectivity index (χ1n) is 8.02. The van der Waals surface area contributed by atoms with Crippen molar-refractivity contribution in [3.8, 4) is 0 Å². The van der Waals surface area contributed by atoms with E-state index in [0.717, 1.165) is 24.0 Å². The van der Waals surface area contributed by atoms with E-state index in [9.17, 15) is 26.4 Å². The van der Waals surface area contributed by atoms with E-state index in [2.05, 4.69) is 10.0 Å². The summed E-state index contributed by atoms with van der Waals surface area (Å²) in [7, 11) is -3.24. The van der Waals surface area contributed by atoms with E-state index in [0.29, 0.717) is 17.5 Å². The molecule has 0 aliphatic heterocycles. The Morgan fingerprint density at radius 2 is 1.52 bits per heavy atom. The lowest BCUT2D eigenvalue weighted by Crippen LogP contribution is -2.24. The van der Waals surface area contributed by atoms with E-state index in [1.54, 1.807) is 24.3 Å². The van der Waals surface area contributed by atoms with E-state index in [1.807, 2.05) is 0 Å². The minimum atomic E-state index is -4.39. The maximum atomic E-state index is 12.5. The molecule has 0 atom stereocenters. The third-order valence-corrected chi connectivity index (χ3v) is 4.46. The van der Waals surface area contributed by atoms with Crippen LogP contribution in [0.3, 0.4) is 0 Å². The van der Waals surface area contributed by atoms with Gasteiger partial charge in [0.1, 0.15) is 0 Å². The van der Waals surface area contributed by atoms with Gasteiger partial charge in [0, 0.05) is 18.7 Å². The molecule has 2 aromatic carbocycles. The molecule has 0 saturated heterocycles. The van der Waals surface area contributed by atoms with Gasteiger partial charge in [0.2, 0.25) is 10.0 Å². The van der Waals surface area contributed by atoms with Crippen LogP contribution in [0.2, 0.25) is 0 Å². The molecule has 0 aliphatic carbocycles. The maximum absolute atomic E-state index is 12.5. The fourth-order valence-electron chi connectivity index (χ4n) is 2.30. The monoisotopic (exact) mass is 400 g/mol. The van der Waals surface area contributed by atoms with Crippen LogP contribution in [-0.2, 0) is 29.2 Å². The number of halogens is 3. The van der Waals surface area contributed by atoms with Gasteiger partial charge in [0.15, 0.2) is 0 Å². The lowest BCUT2D eigenvalue weighted by molar-refractivity contribution is -0.137. The van der Waals surface area contributed by atoms with Gasteiger partial charge >= 0.3 is 6.18 Å². The van der Waals surface area contributed by atoms with Crippen molar-refractivity contribution in [3.63, 3.8) is 0 Å². The molecule has 0 aromatic heterocycles. The van der Waals surface area contributed by atoms with Crippen LogP contribution in [0.15, 0.2) is 48.5 Å². The molecule has 0 saturated carbocycles. The van der Waals surface area contributed by atoms with Gasteiger partial charge in [0.05, 0.1) is 11.8 Å². The topological polar surface area (TPSA) is 75.3 Å². The predicted octanol–water partition coefficient (Wildman–Crippen LogP) is 2.73. The number of carbonyl (C=O) groups is 1. The van der Waals surface area contributed by atoms with E-state index in [4.69, 9.17) is 0 Å². The SMILES string of the molecule is CS(=O)(=O)NCCc1ccc(C(=O)NCc2ccc(C(F)(F)F)cc2)cc1. The Kier molecular flexibility index (Phi) is 6.61. The normalized spacial score (nSPS) is 12.0. The van der Waals surface area contributed by atoms with Crippen molar-refractivity contribution in [2.75, 3.05) is 12.8 Å². The minimum absolute atomic E-state index is 0.108. The summed E-state index contributed by atoms with van der Waals surface area (Å²) < 4.78 is 61.9. The number of sulfonamides is 1. The number of rotatable bonds is 7. The molecule has 27 heavy (non-hydrogen) atoms. The molecule has 2 aromatic rings. The van der Waals surface area contributed by atoms with Crippen molar-refractivity contribution < 1.29 is 26.4 Å². The zero-order valence-electron chi connectivity index (χ0n) is 14.5. The van der Waals surface area contributed by atoms with Crippen LogP contribution in [0.5, 0.6) is 0 Å². The number of benzene rings is 2. The highest BCUT2D eigenvalue weighted by molar-refractivity contribution is 7.88. The van der Waals surface area contributed by atoms with E-state index in [-0.39, 0.29) is 19.0 Å². The largest absolute Gasteiger partial charge is 0.416 e. The molecule has 0 aliphatic rings. The quantitative estimate of drug-likeness (QED) is 0.751. The fraction of sp³-hybridized carbons (Fsp3) is 0.278. The summed E-state index contributed by atoms with van der Waals surface area (Å²) in [5, 5.41) is 2.64.